The monoisotopic (exact) mass is 525 g/mol. The van der Waals surface area contributed by atoms with Gasteiger partial charge in [0.1, 0.15) is 11.9 Å². The van der Waals surface area contributed by atoms with E-state index in [1.165, 1.54) is 0 Å². The van der Waals surface area contributed by atoms with Gasteiger partial charge in [-0.1, -0.05) is 54.6 Å². The Balaban J connectivity index is 1.78. The zero-order chi connectivity index (χ0) is 26.8. The van der Waals surface area contributed by atoms with Crippen LogP contribution in [0.5, 0.6) is 5.75 Å². The van der Waals surface area contributed by atoms with Crippen LogP contribution < -0.4 is 9.08 Å². The van der Waals surface area contributed by atoms with Crippen molar-refractivity contribution in [2.45, 2.75) is 25.7 Å². The Labute approximate surface area is 217 Å². The molecule has 3 aromatic rings. The van der Waals surface area contributed by atoms with Gasteiger partial charge in [0.15, 0.2) is 6.29 Å². The van der Waals surface area contributed by atoms with Crippen LogP contribution in [-0.4, -0.2) is 56.3 Å². The predicted octanol–water partition coefficient (Wildman–Crippen LogP) is 3.64. The first kappa shape index (κ1) is 28.1. The van der Waals surface area contributed by atoms with Gasteiger partial charge in [-0.15, -0.1) is 0 Å². The van der Waals surface area contributed by atoms with Crippen LogP contribution in [0.3, 0.4) is 0 Å². The van der Waals surface area contributed by atoms with Crippen LogP contribution in [-0.2, 0) is 21.3 Å². The van der Waals surface area contributed by atoms with Gasteiger partial charge in [-0.25, -0.2) is 0 Å². The molecule has 0 aromatic heterocycles. The summed E-state index contributed by atoms with van der Waals surface area (Å²) in [4.78, 5) is 15.0. The maximum atomic E-state index is 13.3. The van der Waals surface area contributed by atoms with Crippen LogP contribution in [0, 0.1) is 0 Å². The Hall–Kier alpha value is -3.50. The molecule has 9 heteroatoms. The zero-order valence-electron chi connectivity index (χ0n) is 20.7. The number of carbonyl (C=O) groups is 1. The SMILES string of the molecule is CCO[C@@H](Cc1ccc(N(CC=Cc2ccc(OS(C)(=O)=O)cc2)C(=O)c2ccccc2)cc1)C(O)O. The average molecular weight is 526 g/mol. The van der Waals surface area contributed by atoms with Gasteiger partial charge in [-0.05, 0) is 54.4 Å². The molecule has 8 nitrogen and oxygen atoms in total. The van der Waals surface area contributed by atoms with Crippen molar-refractivity contribution in [3.05, 3.63) is 102 Å². The summed E-state index contributed by atoms with van der Waals surface area (Å²) in [5.74, 6) is 0.0498. The van der Waals surface area contributed by atoms with Gasteiger partial charge < -0.3 is 24.0 Å². The first-order valence-electron chi connectivity index (χ1n) is 11.8. The minimum Gasteiger partial charge on any atom is -0.383 e. The number of nitrogens with zero attached hydrogens (tertiary/aromatic N) is 1. The molecule has 0 unspecified atom stereocenters. The molecule has 1 atom stereocenters. The summed E-state index contributed by atoms with van der Waals surface area (Å²) >= 11 is 0. The summed E-state index contributed by atoms with van der Waals surface area (Å²) in [6, 6.07) is 22.8. The molecule has 0 saturated heterocycles. The molecule has 1 amide bonds. The summed E-state index contributed by atoms with van der Waals surface area (Å²) in [5.41, 5.74) is 2.88. The fourth-order valence-electron chi connectivity index (χ4n) is 3.65. The number of amides is 1. The average Bonchev–Trinajstić information content (AvgIpc) is 2.87. The van der Waals surface area contributed by atoms with E-state index in [4.69, 9.17) is 8.92 Å². The fraction of sp³-hybridized carbons (Fsp3) is 0.250. The highest BCUT2D eigenvalue weighted by atomic mass is 32.2. The van der Waals surface area contributed by atoms with Gasteiger partial charge in [0.25, 0.3) is 5.91 Å². The molecule has 0 aliphatic rings. The van der Waals surface area contributed by atoms with E-state index in [1.54, 1.807) is 60.4 Å². The molecular formula is C28H31NO7S. The normalized spacial score (nSPS) is 12.6. The third kappa shape index (κ3) is 8.83. The molecule has 0 aliphatic carbocycles. The number of aliphatic hydroxyl groups excluding tert-OH is 1. The van der Waals surface area contributed by atoms with Crippen molar-refractivity contribution in [1.82, 2.24) is 0 Å². The van der Waals surface area contributed by atoms with Crippen molar-refractivity contribution in [2.75, 3.05) is 24.3 Å². The Bertz CT molecular complexity index is 1270. The molecule has 0 saturated carbocycles. The summed E-state index contributed by atoms with van der Waals surface area (Å²) in [6.07, 6.45) is 2.65. The molecule has 0 fully saturated rings. The van der Waals surface area contributed by atoms with Crippen molar-refractivity contribution in [3.8, 4) is 5.75 Å². The largest absolute Gasteiger partial charge is 0.383 e. The third-order valence-electron chi connectivity index (χ3n) is 5.39. The highest BCUT2D eigenvalue weighted by molar-refractivity contribution is 7.86. The van der Waals surface area contributed by atoms with Gasteiger partial charge in [0.2, 0.25) is 0 Å². The second kappa shape index (κ2) is 13.2. The van der Waals surface area contributed by atoms with Gasteiger partial charge in [-0.3, -0.25) is 4.79 Å². The number of anilines is 1. The Morgan fingerprint density at radius 1 is 0.973 bits per heavy atom. The predicted molar refractivity (Wildman–Crippen MR) is 143 cm³/mol. The third-order valence-corrected chi connectivity index (χ3v) is 5.89. The number of hydrogen-bond acceptors (Lipinski definition) is 7. The van der Waals surface area contributed by atoms with Crippen LogP contribution in [0.1, 0.15) is 28.4 Å². The number of ether oxygens (including phenoxy) is 1. The topological polar surface area (TPSA) is 113 Å². The maximum Gasteiger partial charge on any atom is 0.306 e. The highest BCUT2D eigenvalue weighted by Crippen LogP contribution is 2.21. The van der Waals surface area contributed by atoms with Crippen molar-refractivity contribution >= 4 is 27.8 Å². The van der Waals surface area contributed by atoms with Crippen molar-refractivity contribution < 1.29 is 32.3 Å². The van der Waals surface area contributed by atoms with E-state index in [0.717, 1.165) is 17.4 Å². The number of aliphatic hydroxyl groups is 2. The molecular weight excluding hydrogens is 494 g/mol. The molecule has 0 heterocycles. The van der Waals surface area contributed by atoms with Crippen LogP contribution >= 0.6 is 0 Å². The van der Waals surface area contributed by atoms with Crippen LogP contribution in [0.4, 0.5) is 5.69 Å². The lowest BCUT2D eigenvalue weighted by atomic mass is 10.1. The highest BCUT2D eigenvalue weighted by Gasteiger charge is 2.19. The molecule has 196 valence electrons. The van der Waals surface area contributed by atoms with Crippen LogP contribution in [0.2, 0.25) is 0 Å². The molecule has 3 rings (SSSR count). The van der Waals surface area contributed by atoms with E-state index >= 15 is 0 Å². The number of hydrogen-bond donors (Lipinski definition) is 2. The van der Waals surface area contributed by atoms with Gasteiger partial charge >= 0.3 is 10.1 Å². The molecule has 0 spiro atoms. The number of rotatable bonds is 12. The summed E-state index contributed by atoms with van der Waals surface area (Å²) in [7, 11) is -3.60. The minimum atomic E-state index is -3.60. The van der Waals surface area contributed by atoms with Crippen molar-refractivity contribution in [2.24, 2.45) is 0 Å². The number of benzene rings is 3. The van der Waals surface area contributed by atoms with E-state index in [-0.39, 0.29) is 18.2 Å². The Kier molecular flexibility index (Phi) is 9.99. The van der Waals surface area contributed by atoms with E-state index in [1.807, 2.05) is 42.5 Å². The Morgan fingerprint density at radius 2 is 1.62 bits per heavy atom. The van der Waals surface area contributed by atoms with Gasteiger partial charge in [-0.2, -0.15) is 8.42 Å². The van der Waals surface area contributed by atoms with Gasteiger partial charge in [0.05, 0.1) is 6.26 Å². The minimum absolute atomic E-state index is 0.173. The molecule has 0 aliphatic heterocycles. The van der Waals surface area contributed by atoms with E-state index in [0.29, 0.717) is 24.3 Å². The van der Waals surface area contributed by atoms with E-state index < -0.39 is 22.5 Å². The molecule has 0 radical (unpaired) electrons. The smallest absolute Gasteiger partial charge is 0.306 e. The first-order valence-corrected chi connectivity index (χ1v) is 13.6. The van der Waals surface area contributed by atoms with Gasteiger partial charge in [0, 0.05) is 30.8 Å². The summed E-state index contributed by atoms with van der Waals surface area (Å²) in [6.45, 7) is 2.43. The van der Waals surface area contributed by atoms with Crippen LogP contribution in [0.15, 0.2) is 84.9 Å². The molecule has 2 N–H and O–H groups in total. The second-order valence-corrected chi connectivity index (χ2v) is 9.89. The number of carbonyl (C=O) groups excluding carboxylic acids is 1. The summed E-state index contributed by atoms with van der Waals surface area (Å²) < 4.78 is 32.8. The van der Waals surface area contributed by atoms with E-state index in [2.05, 4.69) is 0 Å². The molecule has 37 heavy (non-hydrogen) atoms. The maximum absolute atomic E-state index is 13.3. The summed E-state index contributed by atoms with van der Waals surface area (Å²) in [5, 5.41) is 19.1. The molecule has 3 aromatic carbocycles. The lowest BCUT2D eigenvalue weighted by Gasteiger charge is -2.23. The second-order valence-electron chi connectivity index (χ2n) is 8.32. The van der Waals surface area contributed by atoms with Crippen molar-refractivity contribution in [1.29, 1.82) is 0 Å². The van der Waals surface area contributed by atoms with E-state index in [9.17, 15) is 23.4 Å². The standard InChI is InChI=1S/C28H31NO7S/c1-3-35-26(28(31)32)20-22-11-15-24(16-12-22)29(27(30)23-9-5-4-6-10-23)19-7-8-21-13-17-25(18-14-21)36-37(2,33)34/h4-18,26,28,31-32H,3,19-20H2,1-2H3/t26-/m0/s1. The zero-order valence-corrected chi connectivity index (χ0v) is 21.5. The Morgan fingerprint density at radius 3 is 2.19 bits per heavy atom. The quantitative estimate of drug-likeness (QED) is 0.274. The van der Waals surface area contributed by atoms with Crippen molar-refractivity contribution in [3.63, 3.8) is 0 Å². The lowest BCUT2D eigenvalue weighted by molar-refractivity contribution is -0.142. The lowest BCUT2D eigenvalue weighted by Crippen LogP contribution is -2.31. The fourth-order valence-corrected chi connectivity index (χ4v) is 4.12. The molecule has 0 bridgehead atoms. The van der Waals surface area contributed by atoms with Crippen LogP contribution in [0.25, 0.3) is 6.08 Å². The first-order chi connectivity index (χ1) is 17.7.